The molecule has 1 heterocycles. The molecule has 1 aliphatic rings. The van der Waals surface area contributed by atoms with Gasteiger partial charge in [0.2, 0.25) is 0 Å². The largest absolute Gasteiger partial charge is 0.308 e. The summed E-state index contributed by atoms with van der Waals surface area (Å²) < 4.78 is 0. The highest BCUT2D eigenvalue weighted by Crippen LogP contribution is 2.13. The molecule has 0 radical (unpaired) electrons. The fourth-order valence-electron chi connectivity index (χ4n) is 1.09. The number of likely N-dealkylation sites (N-methyl/N-ethyl adjacent to an activating group) is 1. The lowest BCUT2D eigenvalue weighted by Crippen LogP contribution is -2.46. The lowest BCUT2D eigenvalue weighted by molar-refractivity contribution is 0.277. The second kappa shape index (κ2) is 3.50. The van der Waals surface area contributed by atoms with Gasteiger partial charge in [0.1, 0.15) is 0 Å². The van der Waals surface area contributed by atoms with Gasteiger partial charge in [-0.15, -0.1) is 8.58 Å². The van der Waals surface area contributed by atoms with E-state index < -0.39 is 0 Å². The minimum Gasteiger partial charge on any atom is -0.308 e. The van der Waals surface area contributed by atoms with E-state index in [4.69, 9.17) is 0 Å². The van der Waals surface area contributed by atoms with Crippen LogP contribution in [-0.4, -0.2) is 44.0 Å². The summed E-state index contributed by atoms with van der Waals surface area (Å²) in [5.41, 5.74) is 0. The third-order valence-electron chi connectivity index (χ3n) is 1.73. The molecular formula is C6H15N2P. The van der Waals surface area contributed by atoms with Gasteiger partial charge in [-0.05, 0) is 13.7 Å². The van der Waals surface area contributed by atoms with E-state index in [2.05, 4.69) is 23.9 Å². The molecule has 9 heavy (non-hydrogen) atoms. The first-order chi connectivity index (χ1) is 4.33. The average molecular weight is 146 g/mol. The van der Waals surface area contributed by atoms with Crippen molar-refractivity contribution in [2.24, 2.45) is 0 Å². The summed E-state index contributed by atoms with van der Waals surface area (Å²) in [5, 5.41) is 3.47. The van der Waals surface area contributed by atoms with Crippen molar-refractivity contribution in [1.29, 1.82) is 0 Å². The summed E-state index contributed by atoms with van der Waals surface area (Å²) in [6.45, 7) is 5.87. The molecule has 0 aromatic rings. The van der Waals surface area contributed by atoms with Gasteiger partial charge in [0, 0.05) is 25.4 Å². The number of nitrogens with zero attached hydrogens (tertiary/aromatic N) is 1. The van der Waals surface area contributed by atoms with E-state index in [-0.39, 0.29) is 0 Å². The molecule has 0 bridgehead atoms. The van der Waals surface area contributed by atoms with Crippen molar-refractivity contribution in [3.63, 3.8) is 0 Å². The predicted octanol–water partition coefficient (Wildman–Crippen LogP) is 0.156. The van der Waals surface area contributed by atoms with Crippen molar-refractivity contribution in [3.05, 3.63) is 0 Å². The van der Waals surface area contributed by atoms with Crippen molar-refractivity contribution < 1.29 is 0 Å². The quantitative estimate of drug-likeness (QED) is 0.530. The molecule has 0 aromatic carbocycles. The van der Waals surface area contributed by atoms with E-state index in [1.165, 1.54) is 19.6 Å². The van der Waals surface area contributed by atoms with E-state index >= 15 is 0 Å². The minimum atomic E-state index is 0.767. The van der Waals surface area contributed by atoms with E-state index in [9.17, 15) is 0 Å². The zero-order chi connectivity index (χ0) is 6.69. The van der Waals surface area contributed by atoms with Crippen molar-refractivity contribution in [2.45, 2.75) is 5.78 Å². The van der Waals surface area contributed by atoms with Gasteiger partial charge in [-0.25, -0.2) is 0 Å². The van der Waals surface area contributed by atoms with Crippen LogP contribution in [0.1, 0.15) is 0 Å². The molecule has 1 fully saturated rings. The Morgan fingerprint density at radius 1 is 1.67 bits per heavy atom. The monoisotopic (exact) mass is 146 g/mol. The number of piperazine rings is 1. The van der Waals surface area contributed by atoms with Crippen molar-refractivity contribution in [2.75, 3.05) is 33.3 Å². The Morgan fingerprint density at radius 3 is 2.89 bits per heavy atom. The van der Waals surface area contributed by atoms with Crippen molar-refractivity contribution >= 4 is 8.58 Å². The van der Waals surface area contributed by atoms with Gasteiger partial charge in [0.25, 0.3) is 0 Å². The third kappa shape index (κ3) is 2.21. The number of hydrogen-bond acceptors (Lipinski definition) is 2. The average Bonchev–Trinajstić information content (AvgIpc) is 1.88. The van der Waals surface area contributed by atoms with E-state index in [1.54, 1.807) is 0 Å². The zero-order valence-electron chi connectivity index (χ0n) is 6.15. The molecule has 0 aromatic heterocycles. The summed E-state index contributed by atoms with van der Waals surface area (Å²) >= 11 is 0. The molecule has 1 aliphatic heterocycles. The number of hydrogen-bond donors (Lipinski definition) is 1. The molecule has 54 valence electrons. The Kier molecular flexibility index (Phi) is 2.90. The molecule has 1 saturated heterocycles. The Balaban J connectivity index is 2.23. The van der Waals surface area contributed by atoms with Crippen molar-refractivity contribution in [3.8, 4) is 0 Å². The SMILES string of the molecule is CPC1CN(C)CCN1. The van der Waals surface area contributed by atoms with Crippen LogP contribution in [0, 0.1) is 0 Å². The van der Waals surface area contributed by atoms with Gasteiger partial charge in [-0.3, -0.25) is 0 Å². The van der Waals surface area contributed by atoms with Gasteiger partial charge in [0.05, 0.1) is 0 Å². The zero-order valence-corrected chi connectivity index (χ0v) is 7.15. The molecule has 3 heteroatoms. The van der Waals surface area contributed by atoms with E-state index in [1.807, 2.05) is 0 Å². The lowest BCUT2D eigenvalue weighted by atomic mass is 10.4. The third-order valence-corrected chi connectivity index (χ3v) is 2.81. The second-order valence-corrected chi connectivity index (χ2v) is 3.83. The molecule has 2 unspecified atom stereocenters. The molecule has 0 spiro atoms. The highest BCUT2D eigenvalue weighted by molar-refractivity contribution is 7.37. The van der Waals surface area contributed by atoms with Crippen LogP contribution in [0.25, 0.3) is 0 Å². The van der Waals surface area contributed by atoms with Gasteiger partial charge >= 0.3 is 0 Å². The van der Waals surface area contributed by atoms with E-state index in [0.29, 0.717) is 0 Å². The van der Waals surface area contributed by atoms with Crippen LogP contribution in [0.3, 0.4) is 0 Å². The van der Waals surface area contributed by atoms with Crippen LogP contribution in [0.5, 0.6) is 0 Å². The Labute approximate surface area is 58.8 Å². The standard InChI is InChI=1S/C6H15N2P/c1-8-4-3-7-6(5-8)9-2/h6-7,9H,3-5H2,1-2H3. The molecule has 1 N–H and O–H groups in total. The Hall–Kier alpha value is 0.350. The topological polar surface area (TPSA) is 15.3 Å². The minimum absolute atomic E-state index is 0.767. The van der Waals surface area contributed by atoms with Crippen LogP contribution in [0.2, 0.25) is 0 Å². The normalized spacial score (nSPS) is 32.0. The maximum atomic E-state index is 3.47. The Morgan fingerprint density at radius 2 is 2.44 bits per heavy atom. The fraction of sp³-hybridized carbons (Fsp3) is 1.00. The van der Waals surface area contributed by atoms with Gasteiger partial charge in [0.15, 0.2) is 0 Å². The summed E-state index contributed by atoms with van der Waals surface area (Å²) in [4.78, 5) is 2.39. The molecule has 0 aliphatic carbocycles. The summed E-state index contributed by atoms with van der Waals surface area (Å²) in [5.74, 6) is 0.767. The van der Waals surface area contributed by atoms with Gasteiger partial charge < -0.3 is 10.2 Å². The van der Waals surface area contributed by atoms with Gasteiger partial charge in [-0.1, -0.05) is 0 Å². The summed E-state index contributed by atoms with van der Waals surface area (Å²) in [6, 6.07) is 0. The van der Waals surface area contributed by atoms with Crippen molar-refractivity contribution in [1.82, 2.24) is 10.2 Å². The first kappa shape index (κ1) is 7.46. The van der Waals surface area contributed by atoms with Crippen LogP contribution in [0.4, 0.5) is 0 Å². The lowest BCUT2D eigenvalue weighted by Gasteiger charge is -2.29. The number of rotatable bonds is 1. The fourth-order valence-corrected chi connectivity index (χ4v) is 1.93. The molecule has 2 nitrogen and oxygen atoms in total. The van der Waals surface area contributed by atoms with Crippen LogP contribution < -0.4 is 5.32 Å². The summed E-state index contributed by atoms with van der Waals surface area (Å²) in [6.07, 6.45) is 0. The van der Waals surface area contributed by atoms with Crippen LogP contribution in [-0.2, 0) is 0 Å². The van der Waals surface area contributed by atoms with Crippen LogP contribution >= 0.6 is 8.58 Å². The molecule has 1 rings (SSSR count). The second-order valence-electron chi connectivity index (χ2n) is 2.56. The highest BCUT2D eigenvalue weighted by atomic mass is 31.1. The number of nitrogens with one attached hydrogen (secondary N) is 1. The molecule has 2 atom stereocenters. The van der Waals surface area contributed by atoms with Crippen LogP contribution in [0.15, 0.2) is 0 Å². The molecule has 0 saturated carbocycles. The highest BCUT2D eigenvalue weighted by Gasteiger charge is 2.12. The smallest absolute Gasteiger partial charge is 0.0365 e. The first-order valence-electron chi connectivity index (χ1n) is 3.42. The first-order valence-corrected chi connectivity index (χ1v) is 5.00. The molecule has 0 amide bonds. The maximum absolute atomic E-state index is 3.47. The van der Waals surface area contributed by atoms with Gasteiger partial charge in [-0.2, -0.15) is 0 Å². The maximum Gasteiger partial charge on any atom is 0.0365 e. The summed E-state index contributed by atoms with van der Waals surface area (Å²) in [7, 11) is 3.23. The predicted molar refractivity (Wildman–Crippen MR) is 43.5 cm³/mol. The Bertz CT molecular complexity index is 87.1. The van der Waals surface area contributed by atoms with E-state index in [0.717, 1.165) is 14.4 Å². The molecular weight excluding hydrogens is 131 g/mol.